The lowest BCUT2D eigenvalue weighted by Crippen LogP contribution is -1.98. The molecule has 0 spiro atoms. The Hall–Kier alpha value is -1.77. The number of carboxylic acids is 1. The first-order valence-electron chi connectivity index (χ1n) is 5.33. The summed E-state index contributed by atoms with van der Waals surface area (Å²) in [6.07, 6.45) is 0. The van der Waals surface area contributed by atoms with Crippen LogP contribution in [0, 0.1) is 0 Å². The number of hydrogen-bond acceptors (Lipinski definition) is 1. The van der Waals surface area contributed by atoms with Gasteiger partial charge in [-0.3, -0.25) is 0 Å². The summed E-state index contributed by atoms with van der Waals surface area (Å²) in [7, 11) is 2.01. The zero-order chi connectivity index (χ0) is 11.9. The molecule has 2 aromatic rings. The van der Waals surface area contributed by atoms with E-state index in [9.17, 15) is 4.79 Å². The number of hydrogen-bond donors (Lipinski definition) is 1. The number of rotatable bonds is 2. The van der Waals surface area contributed by atoms with Crippen molar-refractivity contribution in [3.8, 4) is 0 Å². The minimum atomic E-state index is -0.878. The molecular weight excluding hydrogens is 202 g/mol. The maximum Gasteiger partial charge on any atom is 0.335 e. The Labute approximate surface area is 94.3 Å². The van der Waals surface area contributed by atoms with Gasteiger partial charge in [-0.05, 0) is 30.2 Å². The number of aromatic nitrogens is 1. The van der Waals surface area contributed by atoms with Gasteiger partial charge in [0.05, 0.1) is 5.56 Å². The van der Waals surface area contributed by atoms with Crippen molar-refractivity contribution in [1.82, 2.24) is 4.57 Å². The summed E-state index contributed by atoms with van der Waals surface area (Å²) in [6, 6.07) is 7.30. The van der Waals surface area contributed by atoms with Gasteiger partial charge in [-0.1, -0.05) is 13.8 Å². The Morgan fingerprint density at radius 1 is 1.31 bits per heavy atom. The van der Waals surface area contributed by atoms with E-state index >= 15 is 0 Å². The Balaban J connectivity index is 2.67. The fraction of sp³-hybridized carbons (Fsp3) is 0.308. The molecular formula is C13H15NO2. The molecule has 3 nitrogen and oxygen atoms in total. The Morgan fingerprint density at radius 2 is 2.00 bits per heavy atom. The highest BCUT2D eigenvalue weighted by molar-refractivity contribution is 5.94. The molecule has 0 unspecified atom stereocenters. The van der Waals surface area contributed by atoms with Crippen LogP contribution in [0.15, 0.2) is 24.3 Å². The average Bonchev–Trinajstić information content (AvgIpc) is 2.55. The zero-order valence-corrected chi connectivity index (χ0v) is 9.69. The van der Waals surface area contributed by atoms with Crippen LogP contribution in [0.1, 0.15) is 35.8 Å². The largest absolute Gasteiger partial charge is 0.478 e. The molecule has 0 saturated carbocycles. The molecule has 0 radical (unpaired) electrons. The Kier molecular flexibility index (Phi) is 2.46. The van der Waals surface area contributed by atoms with E-state index in [1.807, 2.05) is 13.1 Å². The van der Waals surface area contributed by atoms with Gasteiger partial charge in [0.25, 0.3) is 0 Å². The minimum absolute atomic E-state index is 0.341. The highest BCUT2D eigenvalue weighted by Gasteiger charge is 2.10. The maximum absolute atomic E-state index is 10.9. The number of carbonyl (C=O) groups is 1. The predicted octanol–water partition coefficient (Wildman–Crippen LogP) is 3.00. The maximum atomic E-state index is 10.9. The van der Waals surface area contributed by atoms with E-state index in [0.29, 0.717) is 11.5 Å². The lowest BCUT2D eigenvalue weighted by molar-refractivity contribution is 0.0697. The molecule has 1 aromatic carbocycles. The van der Waals surface area contributed by atoms with E-state index < -0.39 is 5.97 Å². The lowest BCUT2D eigenvalue weighted by atomic mass is 10.1. The summed E-state index contributed by atoms with van der Waals surface area (Å²) in [5, 5.41) is 9.91. The van der Waals surface area contributed by atoms with Gasteiger partial charge in [0.1, 0.15) is 0 Å². The molecule has 0 fully saturated rings. The predicted molar refractivity (Wildman–Crippen MR) is 64.0 cm³/mol. The summed E-state index contributed by atoms with van der Waals surface area (Å²) in [6.45, 7) is 4.26. The van der Waals surface area contributed by atoms with Crippen molar-refractivity contribution in [3.05, 3.63) is 35.5 Å². The van der Waals surface area contributed by atoms with Gasteiger partial charge in [-0.2, -0.15) is 0 Å². The standard InChI is InChI=1S/C13H15NO2/c1-8(2)12-7-10-6-9(13(15)16)4-5-11(10)14(12)3/h4-8H,1-3H3,(H,15,16). The quantitative estimate of drug-likeness (QED) is 0.840. The number of aryl methyl sites for hydroxylation is 1. The summed E-state index contributed by atoms with van der Waals surface area (Å²) < 4.78 is 2.12. The van der Waals surface area contributed by atoms with Gasteiger partial charge < -0.3 is 9.67 Å². The highest BCUT2D eigenvalue weighted by atomic mass is 16.4. The second-order valence-electron chi connectivity index (χ2n) is 4.36. The van der Waals surface area contributed by atoms with Crippen LogP contribution in [0.5, 0.6) is 0 Å². The van der Waals surface area contributed by atoms with Gasteiger partial charge in [0, 0.05) is 23.6 Å². The molecule has 1 N–H and O–H groups in total. The van der Waals surface area contributed by atoms with Gasteiger partial charge in [0.15, 0.2) is 0 Å². The molecule has 0 amide bonds. The molecule has 2 rings (SSSR count). The van der Waals surface area contributed by atoms with Crippen LogP contribution in [0.3, 0.4) is 0 Å². The fourth-order valence-corrected chi connectivity index (χ4v) is 2.06. The van der Waals surface area contributed by atoms with Gasteiger partial charge in [-0.25, -0.2) is 4.79 Å². The van der Waals surface area contributed by atoms with Crippen LogP contribution in [0.2, 0.25) is 0 Å². The minimum Gasteiger partial charge on any atom is -0.478 e. The second kappa shape index (κ2) is 3.67. The molecule has 0 saturated heterocycles. The summed E-state index contributed by atoms with van der Waals surface area (Å²) in [5.74, 6) is -0.442. The van der Waals surface area contributed by atoms with Crippen molar-refractivity contribution in [2.45, 2.75) is 19.8 Å². The van der Waals surface area contributed by atoms with Crippen LogP contribution < -0.4 is 0 Å². The van der Waals surface area contributed by atoms with Crippen molar-refractivity contribution < 1.29 is 9.90 Å². The van der Waals surface area contributed by atoms with Crippen molar-refractivity contribution in [2.75, 3.05) is 0 Å². The van der Waals surface area contributed by atoms with Crippen LogP contribution >= 0.6 is 0 Å². The molecule has 0 aliphatic heterocycles. The molecule has 84 valence electrons. The smallest absolute Gasteiger partial charge is 0.335 e. The van der Waals surface area contributed by atoms with Crippen molar-refractivity contribution in [3.63, 3.8) is 0 Å². The molecule has 1 aromatic heterocycles. The number of carboxylic acid groups (broad SMARTS) is 1. The van der Waals surface area contributed by atoms with E-state index in [1.165, 1.54) is 5.69 Å². The topological polar surface area (TPSA) is 42.2 Å². The lowest BCUT2D eigenvalue weighted by Gasteiger charge is -2.06. The Bertz CT molecular complexity index is 552. The first kappa shape index (κ1) is 10.7. The molecule has 0 bridgehead atoms. The van der Waals surface area contributed by atoms with E-state index in [-0.39, 0.29) is 0 Å². The number of benzene rings is 1. The number of nitrogens with zero attached hydrogens (tertiary/aromatic N) is 1. The fourth-order valence-electron chi connectivity index (χ4n) is 2.06. The van der Waals surface area contributed by atoms with Crippen LogP contribution in [0.25, 0.3) is 10.9 Å². The molecule has 16 heavy (non-hydrogen) atoms. The second-order valence-corrected chi connectivity index (χ2v) is 4.36. The molecule has 0 atom stereocenters. The third kappa shape index (κ3) is 1.58. The van der Waals surface area contributed by atoms with Crippen LogP contribution in [-0.2, 0) is 7.05 Å². The van der Waals surface area contributed by atoms with E-state index in [0.717, 1.165) is 10.9 Å². The van der Waals surface area contributed by atoms with Gasteiger partial charge in [0.2, 0.25) is 0 Å². The SMILES string of the molecule is CC(C)c1cc2cc(C(=O)O)ccc2n1C. The van der Waals surface area contributed by atoms with E-state index in [4.69, 9.17) is 5.11 Å². The van der Waals surface area contributed by atoms with Crippen LogP contribution in [-0.4, -0.2) is 15.6 Å². The number of fused-ring (bicyclic) bond motifs is 1. The molecule has 1 heterocycles. The van der Waals surface area contributed by atoms with Crippen molar-refractivity contribution in [2.24, 2.45) is 7.05 Å². The first-order chi connectivity index (χ1) is 7.50. The first-order valence-corrected chi connectivity index (χ1v) is 5.33. The molecule has 3 heteroatoms. The average molecular weight is 217 g/mol. The summed E-state index contributed by atoms with van der Waals surface area (Å²) >= 11 is 0. The summed E-state index contributed by atoms with van der Waals surface area (Å²) in [4.78, 5) is 10.9. The highest BCUT2D eigenvalue weighted by Crippen LogP contribution is 2.25. The van der Waals surface area contributed by atoms with E-state index in [2.05, 4.69) is 24.5 Å². The Morgan fingerprint density at radius 3 is 2.56 bits per heavy atom. The number of aromatic carboxylic acids is 1. The molecule has 0 aliphatic carbocycles. The molecule has 0 aliphatic rings. The van der Waals surface area contributed by atoms with Crippen LogP contribution in [0.4, 0.5) is 0 Å². The van der Waals surface area contributed by atoms with E-state index in [1.54, 1.807) is 12.1 Å². The summed E-state index contributed by atoms with van der Waals surface area (Å²) in [5.41, 5.74) is 2.64. The zero-order valence-electron chi connectivity index (χ0n) is 9.69. The third-order valence-electron chi connectivity index (χ3n) is 2.92. The third-order valence-corrected chi connectivity index (χ3v) is 2.92. The van der Waals surface area contributed by atoms with Gasteiger partial charge >= 0.3 is 5.97 Å². The van der Waals surface area contributed by atoms with Crippen molar-refractivity contribution >= 4 is 16.9 Å². The monoisotopic (exact) mass is 217 g/mol. The normalized spacial score (nSPS) is 11.2. The van der Waals surface area contributed by atoms with Gasteiger partial charge in [-0.15, -0.1) is 0 Å². The van der Waals surface area contributed by atoms with Crippen molar-refractivity contribution in [1.29, 1.82) is 0 Å².